The highest BCUT2D eigenvalue weighted by atomic mass is 16.7. The third-order valence-electron chi connectivity index (χ3n) is 12.7. The summed E-state index contributed by atoms with van der Waals surface area (Å²) in [6.45, 7) is 0. The molecule has 1 aliphatic rings. The molecule has 0 aliphatic carbocycles. The van der Waals surface area contributed by atoms with Gasteiger partial charge in [0.1, 0.15) is 0 Å². The normalized spacial score (nSPS) is 13.4. The molecular formula is C54H36B3N3O3. The largest absolute Gasteiger partial charge is 0.467 e. The van der Waals surface area contributed by atoms with E-state index in [4.69, 9.17) is 13.7 Å². The van der Waals surface area contributed by atoms with Gasteiger partial charge in [-0.1, -0.05) is 146 Å². The summed E-state index contributed by atoms with van der Waals surface area (Å²) in [5.41, 5.74) is 12.7. The second-order valence-electron chi connectivity index (χ2n) is 16.3. The van der Waals surface area contributed by atoms with Gasteiger partial charge in [0.05, 0.1) is 33.1 Å². The SMILES string of the molecule is c1ccc(-n2c3ccccc3c3cc(B4OB(c5ccc6c7ccccc7n(-c7ccccc7)c6c5)OB(c5ccc6c7ccccc7n(-c7ccccc7)c6c5)O4)ccc32)cc1. The average molecular weight is 807 g/mol. The van der Waals surface area contributed by atoms with E-state index >= 15 is 0 Å². The summed E-state index contributed by atoms with van der Waals surface area (Å²) in [5.74, 6) is 0. The molecular weight excluding hydrogens is 771 g/mol. The van der Waals surface area contributed by atoms with Crippen LogP contribution >= 0.6 is 0 Å². The van der Waals surface area contributed by atoms with Crippen molar-refractivity contribution in [2.24, 2.45) is 0 Å². The Bertz CT molecular complexity index is 3530. The van der Waals surface area contributed by atoms with Gasteiger partial charge in [-0.15, -0.1) is 0 Å². The van der Waals surface area contributed by atoms with Crippen LogP contribution in [0.25, 0.3) is 82.5 Å². The van der Waals surface area contributed by atoms with Crippen molar-refractivity contribution in [2.45, 2.75) is 0 Å². The molecule has 4 heterocycles. The lowest BCUT2D eigenvalue weighted by molar-refractivity contribution is 0.308. The summed E-state index contributed by atoms with van der Waals surface area (Å²) in [6.07, 6.45) is 0. The minimum absolute atomic E-state index is 0.747. The van der Waals surface area contributed by atoms with Crippen LogP contribution in [0.5, 0.6) is 0 Å². The number of hydrogen-bond donors (Lipinski definition) is 0. The molecule has 9 aromatic carbocycles. The van der Waals surface area contributed by atoms with E-state index in [0.717, 1.165) is 88.1 Å². The summed E-state index contributed by atoms with van der Waals surface area (Å²) in [6, 6.07) is 77.0. The molecule has 0 saturated carbocycles. The fourth-order valence-corrected chi connectivity index (χ4v) is 9.88. The highest BCUT2D eigenvalue weighted by Crippen LogP contribution is 2.35. The van der Waals surface area contributed by atoms with E-state index in [1.165, 1.54) is 10.8 Å². The number of benzene rings is 9. The van der Waals surface area contributed by atoms with Crippen molar-refractivity contribution in [3.63, 3.8) is 0 Å². The average Bonchev–Trinajstić information content (AvgIpc) is 3.99. The molecule has 0 spiro atoms. The van der Waals surface area contributed by atoms with Gasteiger partial charge < -0.3 is 27.4 Å². The van der Waals surface area contributed by atoms with Crippen molar-refractivity contribution in [1.29, 1.82) is 0 Å². The summed E-state index contributed by atoms with van der Waals surface area (Å²) >= 11 is 0. The van der Waals surface area contributed by atoms with E-state index in [9.17, 15) is 0 Å². The maximum atomic E-state index is 7.00. The van der Waals surface area contributed by atoms with Crippen LogP contribution in [-0.2, 0) is 13.7 Å². The molecule has 63 heavy (non-hydrogen) atoms. The molecule has 6 nitrogen and oxygen atoms in total. The lowest BCUT2D eigenvalue weighted by atomic mass is 9.61. The fourth-order valence-electron chi connectivity index (χ4n) is 9.88. The Morgan fingerprint density at radius 2 is 0.540 bits per heavy atom. The van der Waals surface area contributed by atoms with E-state index in [1.54, 1.807) is 0 Å². The highest BCUT2D eigenvalue weighted by molar-refractivity contribution is 6.87. The maximum Gasteiger partial charge on any atom is 0.467 e. The first-order chi connectivity index (χ1) is 31.2. The van der Waals surface area contributed by atoms with Crippen LogP contribution in [0.15, 0.2) is 218 Å². The second-order valence-corrected chi connectivity index (χ2v) is 16.3. The van der Waals surface area contributed by atoms with Crippen LogP contribution in [0.1, 0.15) is 0 Å². The third kappa shape index (κ3) is 5.82. The monoisotopic (exact) mass is 807 g/mol. The Kier molecular flexibility index (Phi) is 8.34. The standard InChI is InChI=1S/C54H36B3N3O3/c1-4-16-40(17-5-1)58-51-27-15-12-24-45(51)48-34-37(30-33-52(48)58)55-61-56(38-28-31-46-43-22-10-13-25-49(43)59(53(46)35-38)41-18-6-2-7-19-41)63-57(62-55)39-29-32-47-44-23-11-14-26-50(44)60(54(47)36-39)42-20-8-3-9-21-42/h1-36H. The zero-order chi connectivity index (χ0) is 41.4. The van der Waals surface area contributed by atoms with Crippen LogP contribution in [0, 0.1) is 0 Å². The van der Waals surface area contributed by atoms with Crippen molar-refractivity contribution in [1.82, 2.24) is 13.7 Å². The number of hydrogen-bond acceptors (Lipinski definition) is 3. The number of aromatic nitrogens is 3. The summed E-state index contributed by atoms with van der Waals surface area (Å²) in [7, 11) is -2.25. The highest BCUT2D eigenvalue weighted by Gasteiger charge is 2.44. The van der Waals surface area contributed by atoms with Gasteiger partial charge in [-0.05, 0) is 89.2 Å². The summed E-state index contributed by atoms with van der Waals surface area (Å²) in [5, 5.41) is 7.00. The smallest absolute Gasteiger partial charge is 0.445 e. The predicted molar refractivity (Wildman–Crippen MR) is 262 cm³/mol. The first-order valence-corrected chi connectivity index (χ1v) is 21.5. The molecule has 13 rings (SSSR count). The number of nitrogens with zero attached hydrogens (tertiary/aromatic N) is 3. The van der Waals surface area contributed by atoms with Crippen molar-refractivity contribution >= 4 is 103 Å². The molecule has 3 aromatic heterocycles. The van der Waals surface area contributed by atoms with Crippen LogP contribution in [0.2, 0.25) is 0 Å². The molecule has 1 fully saturated rings. The van der Waals surface area contributed by atoms with Crippen LogP contribution < -0.4 is 16.4 Å². The second kappa shape index (κ2) is 14.5. The van der Waals surface area contributed by atoms with Crippen LogP contribution in [0.4, 0.5) is 0 Å². The molecule has 0 radical (unpaired) electrons. The molecule has 1 saturated heterocycles. The quantitative estimate of drug-likeness (QED) is 0.157. The van der Waals surface area contributed by atoms with Crippen molar-refractivity contribution in [3.05, 3.63) is 218 Å². The van der Waals surface area contributed by atoms with Gasteiger partial charge in [-0.2, -0.15) is 0 Å². The van der Waals surface area contributed by atoms with Gasteiger partial charge in [-0.3, -0.25) is 0 Å². The zero-order valence-corrected chi connectivity index (χ0v) is 34.1. The molecule has 12 aromatic rings. The van der Waals surface area contributed by atoms with Crippen molar-refractivity contribution in [2.75, 3.05) is 0 Å². The number of rotatable bonds is 6. The maximum absolute atomic E-state index is 7.00. The van der Waals surface area contributed by atoms with E-state index in [-0.39, 0.29) is 0 Å². The van der Waals surface area contributed by atoms with Gasteiger partial charge >= 0.3 is 21.4 Å². The van der Waals surface area contributed by atoms with E-state index in [1.807, 2.05) is 0 Å². The molecule has 1 aliphatic heterocycles. The van der Waals surface area contributed by atoms with Crippen LogP contribution in [0.3, 0.4) is 0 Å². The summed E-state index contributed by atoms with van der Waals surface area (Å²) < 4.78 is 28.0. The van der Waals surface area contributed by atoms with Gasteiger partial charge in [0, 0.05) is 49.4 Å². The molecule has 0 amide bonds. The third-order valence-corrected chi connectivity index (χ3v) is 12.7. The molecule has 0 bridgehead atoms. The molecule has 294 valence electrons. The van der Waals surface area contributed by atoms with Gasteiger partial charge in [0.15, 0.2) is 0 Å². The van der Waals surface area contributed by atoms with E-state index in [0.29, 0.717) is 0 Å². The predicted octanol–water partition coefficient (Wildman–Crippen LogP) is 10.5. The first-order valence-electron chi connectivity index (χ1n) is 21.5. The number of para-hydroxylation sites is 6. The molecule has 0 unspecified atom stereocenters. The Labute approximate surface area is 364 Å². The molecule has 0 N–H and O–H groups in total. The summed E-state index contributed by atoms with van der Waals surface area (Å²) in [4.78, 5) is 0. The van der Waals surface area contributed by atoms with Gasteiger partial charge in [0.25, 0.3) is 0 Å². The minimum Gasteiger partial charge on any atom is -0.445 e. The van der Waals surface area contributed by atoms with Crippen LogP contribution in [-0.4, -0.2) is 35.1 Å². The zero-order valence-electron chi connectivity index (χ0n) is 34.1. The Balaban J connectivity index is 0.981. The minimum atomic E-state index is -0.752. The molecule has 9 heteroatoms. The molecule has 0 atom stereocenters. The van der Waals surface area contributed by atoms with E-state index in [2.05, 4.69) is 232 Å². The van der Waals surface area contributed by atoms with E-state index < -0.39 is 21.4 Å². The number of fused-ring (bicyclic) bond motifs is 9. The Hall–Kier alpha value is -7.55. The first kappa shape index (κ1) is 36.1. The topological polar surface area (TPSA) is 42.5 Å². The fraction of sp³-hybridized carbons (Fsp3) is 0. The lowest BCUT2D eigenvalue weighted by Gasteiger charge is -2.31. The Morgan fingerprint density at radius 3 is 0.968 bits per heavy atom. The van der Waals surface area contributed by atoms with Crippen molar-refractivity contribution in [3.8, 4) is 17.1 Å². The Morgan fingerprint density at radius 1 is 0.238 bits per heavy atom. The lowest BCUT2D eigenvalue weighted by Crippen LogP contribution is -2.61. The van der Waals surface area contributed by atoms with Gasteiger partial charge in [-0.25, -0.2) is 0 Å². The van der Waals surface area contributed by atoms with Crippen molar-refractivity contribution < 1.29 is 13.7 Å². The van der Waals surface area contributed by atoms with Gasteiger partial charge in [0.2, 0.25) is 0 Å².